The highest BCUT2D eigenvalue weighted by Crippen LogP contribution is 2.25. The zero-order chi connectivity index (χ0) is 19.2. The molecule has 1 fully saturated rings. The molecule has 0 radical (unpaired) electrons. The molecule has 2 heterocycles. The summed E-state index contributed by atoms with van der Waals surface area (Å²) in [6.07, 6.45) is 7.25. The molecule has 2 atom stereocenters. The number of hydrogen-bond acceptors (Lipinski definition) is 8. The van der Waals surface area contributed by atoms with Gasteiger partial charge >= 0.3 is 0 Å². The van der Waals surface area contributed by atoms with Crippen LogP contribution in [0.25, 0.3) is 5.57 Å². The number of aromatic nitrogens is 2. The van der Waals surface area contributed by atoms with Crippen LogP contribution in [0, 0.1) is 0 Å². The van der Waals surface area contributed by atoms with Crippen molar-refractivity contribution in [3.05, 3.63) is 23.2 Å². The maximum atomic E-state index is 12.3. The standard InChI is InChI=1S/C18H27N7O2/c1-27-7-6-21-9-11(8-19)16-15-14(10-22-17(15)26)24-18(25-16)23-13-5-3-2-4-12(13)20/h8-9,12-13H,2-7,10,19-20H2,1H3,(H,22,26)(H,23,24,25). The second kappa shape index (κ2) is 8.92. The summed E-state index contributed by atoms with van der Waals surface area (Å²) >= 11 is 0. The SMILES string of the molecule is COCCN=CC(=CN)c1nc(NC2CCCCC2N)nc2c1C(=O)NC2. The molecule has 2 unspecified atom stereocenters. The summed E-state index contributed by atoms with van der Waals surface area (Å²) < 4.78 is 4.99. The average Bonchev–Trinajstić information content (AvgIpc) is 3.04. The summed E-state index contributed by atoms with van der Waals surface area (Å²) in [5.41, 5.74) is 14.2. The highest BCUT2D eigenvalue weighted by molar-refractivity contribution is 6.14. The Hall–Kier alpha value is -2.52. The van der Waals surface area contributed by atoms with Gasteiger partial charge in [0.2, 0.25) is 5.95 Å². The van der Waals surface area contributed by atoms with E-state index in [4.69, 9.17) is 16.2 Å². The molecule has 27 heavy (non-hydrogen) atoms. The number of amides is 1. The number of carbonyl (C=O) groups is 1. The van der Waals surface area contributed by atoms with E-state index in [-0.39, 0.29) is 18.0 Å². The van der Waals surface area contributed by atoms with Crippen LogP contribution in [0.4, 0.5) is 5.95 Å². The van der Waals surface area contributed by atoms with Crippen LogP contribution in [0.5, 0.6) is 0 Å². The molecule has 6 N–H and O–H groups in total. The summed E-state index contributed by atoms with van der Waals surface area (Å²) in [6.45, 7) is 1.37. The van der Waals surface area contributed by atoms with Crippen molar-refractivity contribution < 1.29 is 9.53 Å². The Morgan fingerprint density at radius 2 is 2.22 bits per heavy atom. The summed E-state index contributed by atoms with van der Waals surface area (Å²) in [4.78, 5) is 25.7. The fourth-order valence-corrected chi connectivity index (χ4v) is 3.39. The predicted octanol–water partition coefficient (Wildman–Crippen LogP) is 0.419. The van der Waals surface area contributed by atoms with Crippen molar-refractivity contribution >= 4 is 23.6 Å². The average molecular weight is 373 g/mol. The molecular weight excluding hydrogens is 346 g/mol. The lowest BCUT2D eigenvalue weighted by molar-refractivity contribution is 0.0965. The van der Waals surface area contributed by atoms with Gasteiger partial charge in [-0.2, -0.15) is 0 Å². The Labute approximate surface area is 158 Å². The van der Waals surface area contributed by atoms with Crippen molar-refractivity contribution in [2.75, 3.05) is 25.6 Å². The number of fused-ring (bicyclic) bond motifs is 1. The number of nitrogens with zero attached hydrogens (tertiary/aromatic N) is 3. The zero-order valence-corrected chi connectivity index (χ0v) is 15.6. The second-order valence-corrected chi connectivity index (χ2v) is 6.75. The van der Waals surface area contributed by atoms with Crippen molar-refractivity contribution in [2.45, 2.75) is 44.3 Å². The normalized spacial score (nSPS) is 22.7. The number of rotatable bonds is 7. The number of ether oxygens (including phenoxy) is 1. The molecule has 2 aliphatic rings. The van der Waals surface area contributed by atoms with E-state index in [0.717, 1.165) is 25.7 Å². The highest BCUT2D eigenvalue weighted by Gasteiger charge is 2.29. The van der Waals surface area contributed by atoms with E-state index < -0.39 is 0 Å². The lowest BCUT2D eigenvalue weighted by atomic mass is 9.91. The summed E-state index contributed by atoms with van der Waals surface area (Å²) in [5.74, 6) is 0.262. The Balaban J connectivity index is 1.90. The minimum Gasteiger partial charge on any atom is -0.404 e. The third kappa shape index (κ3) is 4.42. The van der Waals surface area contributed by atoms with E-state index >= 15 is 0 Å². The van der Waals surface area contributed by atoms with E-state index in [9.17, 15) is 4.79 Å². The molecule has 0 bridgehead atoms. The minimum atomic E-state index is -0.203. The van der Waals surface area contributed by atoms with Crippen LogP contribution in [0.3, 0.4) is 0 Å². The van der Waals surface area contributed by atoms with Gasteiger partial charge in [0.25, 0.3) is 5.91 Å². The largest absolute Gasteiger partial charge is 0.404 e. The zero-order valence-electron chi connectivity index (χ0n) is 15.6. The fourth-order valence-electron chi connectivity index (χ4n) is 3.39. The van der Waals surface area contributed by atoms with Gasteiger partial charge in [0, 0.05) is 37.2 Å². The van der Waals surface area contributed by atoms with Crippen molar-refractivity contribution in [3.63, 3.8) is 0 Å². The molecule has 0 aromatic carbocycles. The molecule has 1 amide bonds. The third-order valence-corrected chi connectivity index (χ3v) is 4.87. The molecule has 1 aromatic rings. The van der Waals surface area contributed by atoms with Crippen LogP contribution in [-0.2, 0) is 11.3 Å². The minimum absolute atomic E-state index is 0.0685. The van der Waals surface area contributed by atoms with Crippen molar-refractivity contribution in [1.29, 1.82) is 0 Å². The Kier molecular flexibility index (Phi) is 6.36. The van der Waals surface area contributed by atoms with Crippen LogP contribution >= 0.6 is 0 Å². The van der Waals surface area contributed by atoms with Gasteiger partial charge in [0.1, 0.15) is 0 Å². The van der Waals surface area contributed by atoms with Gasteiger partial charge in [-0.3, -0.25) is 9.79 Å². The quantitative estimate of drug-likeness (QED) is 0.401. The first-order chi connectivity index (χ1) is 13.1. The Morgan fingerprint density at radius 3 is 2.96 bits per heavy atom. The number of aliphatic imine (C=N–C) groups is 1. The second-order valence-electron chi connectivity index (χ2n) is 6.75. The summed E-state index contributed by atoms with van der Waals surface area (Å²) in [5, 5.41) is 6.15. The van der Waals surface area contributed by atoms with E-state index in [2.05, 4.69) is 25.6 Å². The number of carbonyl (C=O) groups excluding carboxylic acids is 1. The maximum Gasteiger partial charge on any atom is 0.255 e. The van der Waals surface area contributed by atoms with Gasteiger partial charge in [-0.25, -0.2) is 9.97 Å². The van der Waals surface area contributed by atoms with Crippen LogP contribution in [-0.4, -0.2) is 54.4 Å². The third-order valence-electron chi connectivity index (χ3n) is 4.87. The van der Waals surface area contributed by atoms with E-state index in [1.807, 2.05) is 0 Å². The van der Waals surface area contributed by atoms with Crippen LogP contribution in [0.2, 0.25) is 0 Å². The van der Waals surface area contributed by atoms with Crippen molar-refractivity contribution in [1.82, 2.24) is 15.3 Å². The van der Waals surface area contributed by atoms with Crippen molar-refractivity contribution in [3.8, 4) is 0 Å². The van der Waals surface area contributed by atoms with Gasteiger partial charge in [0.15, 0.2) is 0 Å². The van der Waals surface area contributed by atoms with E-state index in [1.165, 1.54) is 6.20 Å². The first kappa shape index (κ1) is 19.2. The smallest absolute Gasteiger partial charge is 0.255 e. The summed E-state index contributed by atoms with van der Waals surface area (Å²) in [6, 6.07) is 0.189. The van der Waals surface area contributed by atoms with Crippen molar-refractivity contribution in [2.24, 2.45) is 16.5 Å². The lowest BCUT2D eigenvalue weighted by Crippen LogP contribution is -2.43. The van der Waals surface area contributed by atoms with Crippen LogP contribution < -0.4 is 22.1 Å². The molecule has 1 saturated carbocycles. The van der Waals surface area contributed by atoms with Crippen LogP contribution in [0.1, 0.15) is 47.4 Å². The fraction of sp³-hybridized carbons (Fsp3) is 0.556. The molecule has 1 aromatic heterocycles. The van der Waals surface area contributed by atoms with Gasteiger partial charge in [-0.15, -0.1) is 0 Å². The molecule has 146 valence electrons. The van der Waals surface area contributed by atoms with Gasteiger partial charge < -0.3 is 26.8 Å². The molecule has 1 aliphatic carbocycles. The number of methoxy groups -OCH3 is 1. The Bertz CT molecular complexity index is 747. The number of hydrogen-bond donors (Lipinski definition) is 4. The molecular formula is C18H27N7O2. The number of nitrogens with one attached hydrogen (secondary N) is 2. The lowest BCUT2D eigenvalue weighted by Gasteiger charge is -2.29. The monoisotopic (exact) mass is 373 g/mol. The maximum absolute atomic E-state index is 12.3. The van der Waals surface area contributed by atoms with Crippen LogP contribution in [0.15, 0.2) is 11.2 Å². The molecule has 9 heteroatoms. The first-order valence-electron chi connectivity index (χ1n) is 9.26. The van der Waals surface area contributed by atoms with E-state index in [1.54, 1.807) is 13.3 Å². The van der Waals surface area contributed by atoms with E-state index in [0.29, 0.717) is 48.2 Å². The topological polar surface area (TPSA) is 141 Å². The molecule has 0 saturated heterocycles. The number of allylic oxidation sites excluding steroid dienone is 1. The molecule has 9 nitrogen and oxygen atoms in total. The first-order valence-corrected chi connectivity index (χ1v) is 9.26. The molecule has 1 aliphatic heterocycles. The molecule has 0 spiro atoms. The van der Waals surface area contributed by atoms with Gasteiger partial charge in [-0.05, 0) is 12.8 Å². The highest BCUT2D eigenvalue weighted by atomic mass is 16.5. The van der Waals surface area contributed by atoms with Gasteiger partial charge in [0.05, 0.1) is 36.6 Å². The summed E-state index contributed by atoms with van der Waals surface area (Å²) in [7, 11) is 1.62. The Morgan fingerprint density at radius 1 is 1.41 bits per heavy atom. The molecule has 3 rings (SSSR count). The number of anilines is 1. The van der Waals surface area contributed by atoms with Gasteiger partial charge in [-0.1, -0.05) is 12.8 Å². The number of nitrogens with two attached hydrogens (primary N) is 2. The predicted molar refractivity (Wildman–Crippen MR) is 104 cm³/mol.